The molecule has 0 spiro atoms. The molecule has 2 saturated heterocycles. The molecule has 0 bridgehead atoms. The molecule has 3 rings (SSSR count). The molecule has 0 aromatic heterocycles. The van der Waals surface area contributed by atoms with Crippen LogP contribution < -0.4 is 5.32 Å². The van der Waals surface area contributed by atoms with E-state index in [4.69, 9.17) is 11.6 Å². The number of nitrogens with one attached hydrogen (secondary N) is 1. The van der Waals surface area contributed by atoms with Crippen LogP contribution in [0.15, 0.2) is 24.4 Å². The van der Waals surface area contributed by atoms with Gasteiger partial charge in [-0.1, -0.05) is 11.6 Å². The van der Waals surface area contributed by atoms with Gasteiger partial charge in [-0.3, -0.25) is 10.1 Å². The van der Waals surface area contributed by atoms with Gasteiger partial charge in [-0.2, -0.15) is 0 Å². The molecule has 29 heavy (non-hydrogen) atoms. The van der Waals surface area contributed by atoms with E-state index in [2.05, 4.69) is 10.2 Å². The summed E-state index contributed by atoms with van der Waals surface area (Å²) in [6, 6.07) is 5.05. The molecule has 0 unspecified atom stereocenters. The van der Waals surface area contributed by atoms with Gasteiger partial charge in [0.2, 0.25) is 0 Å². The standard InChI is InChI=1S/C20H28ClN5O3/c1-23(2)14-15(18-13-16(21)3-4-19(18)26(28)29)5-9-24-10-6-17(7-11-24)25-12-8-22-20(25)27/h3-4,13-14,17H,5-12H2,1-2H3,(H,22,27). The van der Waals surface area contributed by atoms with Crippen LogP contribution in [0.4, 0.5) is 10.5 Å². The predicted molar refractivity (Wildman–Crippen MR) is 114 cm³/mol. The summed E-state index contributed by atoms with van der Waals surface area (Å²) in [4.78, 5) is 29.2. The molecule has 2 heterocycles. The minimum atomic E-state index is -0.359. The van der Waals surface area contributed by atoms with Crippen molar-refractivity contribution >= 4 is 28.9 Å². The number of nitro groups is 1. The number of carbonyl (C=O) groups is 1. The lowest BCUT2D eigenvalue weighted by Crippen LogP contribution is -2.46. The molecule has 9 heteroatoms. The molecule has 2 aliphatic rings. The third-order valence-electron chi connectivity index (χ3n) is 5.50. The number of benzene rings is 1. The summed E-state index contributed by atoms with van der Waals surface area (Å²) in [6.45, 7) is 4.17. The first-order chi connectivity index (χ1) is 13.8. The maximum absolute atomic E-state index is 11.9. The van der Waals surface area contributed by atoms with Crippen molar-refractivity contribution in [3.8, 4) is 0 Å². The van der Waals surface area contributed by atoms with Crippen LogP contribution in [0.5, 0.6) is 0 Å². The largest absolute Gasteiger partial charge is 0.383 e. The van der Waals surface area contributed by atoms with E-state index in [0.717, 1.165) is 51.1 Å². The minimum absolute atomic E-state index is 0.0490. The molecule has 1 aromatic rings. The average molecular weight is 422 g/mol. The van der Waals surface area contributed by atoms with Crippen molar-refractivity contribution in [2.45, 2.75) is 25.3 Å². The van der Waals surface area contributed by atoms with E-state index < -0.39 is 0 Å². The normalized spacial score (nSPS) is 18.8. The van der Waals surface area contributed by atoms with Gasteiger partial charge in [0, 0.05) is 70.1 Å². The number of piperidine rings is 1. The lowest BCUT2D eigenvalue weighted by atomic mass is 9.99. The molecule has 0 saturated carbocycles. The van der Waals surface area contributed by atoms with Gasteiger partial charge in [-0.25, -0.2) is 4.79 Å². The molecule has 1 N–H and O–H groups in total. The summed E-state index contributed by atoms with van der Waals surface area (Å²) in [5.41, 5.74) is 1.53. The smallest absolute Gasteiger partial charge is 0.317 e. The van der Waals surface area contributed by atoms with Crippen molar-refractivity contribution in [3.05, 3.63) is 45.1 Å². The summed E-state index contributed by atoms with van der Waals surface area (Å²) in [6.07, 6.45) is 4.53. The second-order valence-corrected chi connectivity index (χ2v) is 8.22. The molecule has 2 amide bonds. The van der Waals surface area contributed by atoms with Crippen LogP contribution in [0.3, 0.4) is 0 Å². The van der Waals surface area contributed by atoms with Gasteiger partial charge < -0.3 is 20.0 Å². The van der Waals surface area contributed by atoms with Gasteiger partial charge in [-0.05, 0) is 37.0 Å². The van der Waals surface area contributed by atoms with E-state index in [9.17, 15) is 14.9 Å². The molecule has 2 aliphatic heterocycles. The highest BCUT2D eigenvalue weighted by Crippen LogP contribution is 2.31. The van der Waals surface area contributed by atoms with Crippen molar-refractivity contribution in [2.24, 2.45) is 0 Å². The molecule has 2 fully saturated rings. The number of halogens is 1. The lowest BCUT2D eigenvalue weighted by molar-refractivity contribution is -0.385. The zero-order chi connectivity index (χ0) is 21.0. The quantitative estimate of drug-likeness (QED) is 0.540. The summed E-state index contributed by atoms with van der Waals surface area (Å²) >= 11 is 6.13. The van der Waals surface area contributed by atoms with Crippen LogP contribution in [0.25, 0.3) is 5.57 Å². The van der Waals surface area contributed by atoms with Gasteiger partial charge in [0.15, 0.2) is 0 Å². The minimum Gasteiger partial charge on any atom is -0.383 e. The highest BCUT2D eigenvalue weighted by molar-refractivity contribution is 6.30. The zero-order valence-corrected chi connectivity index (χ0v) is 17.7. The van der Waals surface area contributed by atoms with Crippen molar-refractivity contribution in [3.63, 3.8) is 0 Å². The highest BCUT2D eigenvalue weighted by atomic mass is 35.5. The summed E-state index contributed by atoms with van der Waals surface area (Å²) in [5.74, 6) is 0. The summed E-state index contributed by atoms with van der Waals surface area (Å²) < 4.78 is 0. The Morgan fingerprint density at radius 2 is 2.07 bits per heavy atom. The van der Waals surface area contributed by atoms with E-state index in [1.807, 2.05) is 30.1 Å². The van der Waals surface area contributed by atoms with E-state index in [1.54, 1.807) is 12.1 Å². The Bertz CT molecular complexity index is 790. The number of carbonyl (C=O) groups excluding carboxylic acids is 1. The molecule has 0 radical (unpaired) electrons. The number of rotatable bonds is 7. The molecule has 158 valence electrons. The third-order valence-corrected chi connectivity index (χ3v) is 5.74. The number of hydrogen-bond acceptors (Lipinski definition) is 5. The predicted octanol–water partition coefficient (Wildman–Crippen LogP) is 3.03. The summed E-state index contributed by atoms with van der Waals surface area (Å²) in [5, 5.41) is 14.8. The Morgan fingerprint density at radius 3 is 2.66 bits per heavy atom. The van der Waals surface area contributed by atoms with E-state index in [-0.39, 0.29) is 16.6 Å². The Kier molecular flexibility index (Phi) is 6.97. The monoisotopic (exact) mass is 421 g/mol. The van der Waals surface area contributed by atoms with Crippen LogP contribution in [-0.4, -0.2) is 78.5 Å². The van der Waals surface area contributed by atoms with Crippen LogP contribution in [0, 0.1) is 10.1 Å². The number of nitro benzene ring substituents is 1. The van der Waals surface area contributed by atoms with E-state index in [0.29, 0.717) is 23.0 Å². The van der Waals surface area contributed by atoms with E-state index >= 15 is 0 Å². The highest BCUT2D eigenvalue weighted by Gasteiger charge is 2.30. The lowest BCUT2D eigenvalue weighted by Gasteiger charge is -2.36. The number of amides is 2. The number of nitrogens with zero attached hydrogens (tertiary/aromatic N) is 4. The second kappa shape index (κ2) is 9.45. The molecule has 8 nitrogen and oxygen atoms in total. The molecular formula is C20H28ClN5O3. The maximum Gasteiger partial charge on any atom is 0.317 e. The Morgan fingerprint density at radius 1 is 1.34 bits per heavy atom. The fraction of sp³-hybridized carbons (Fsp3) is 0.550. The third kappa shape index (κ3) is 5.39. The van der Waals surface area contributed by atoms with Crippen LogP contribution in [0.2, 0.25) is 5.02 Å². The Balaban J connectivity index is 1.65. The first-order valence-corrected chi connectivity index (χ1v) is 10.3. The van der Waals surface area contributed by atoms with Gasteiger partial charge in [0.1, 0.15) is 0 Å². The average Bonchev–Trinajstić information content (AvgIpc) is 3.11. The van der Waals surface area contributed by atoms with Crippen LogP contribution >= 0.6 is 11.6 Å². The SMILES string of the molecule is CN(C)C=C(CCN1CCC(N2CCNC2=O)CC1)c1cc(Cl)ccc1[N+](=O)[O-]. The fourth-order valence-corrected chi connectivity index (χ4v) is 4.25. The van der Waals surface area contributed by atoms with Gasteiger partial charge in [0.05, 0.1) is 10.5 Å². The molecular weight excluding hydrogens is 394 g/mol. The first-order valence-electron chi connectivity index (χ1n) is 9.93. The Hall–Kier alpha value is -2.32. The van der Waals surface area contributed by atoms with Crippen molar-refractivity contribution in [1.82, 2.24) is 20.0 Å². The van der Waals surface area contributed by atoms with Gasteiger partial charge in [-0.15, -0.1) is 0 Å². The molecule has 1 aromatic carbocycles. The Labute approximate surface area is 176 Å². The molecule has 0 atom stereocenters. The number of likely N-dealkylation sites (tertiary alicyclic amines) is 1. The number of urea groups is 1. The number of hydrogen-bond donors (Lipinski definition) is 1. The second-order valence-electron chi connectivity index (χ2n) is 7.78. The van der Waals surface area contributed by atoms with Crippen LogP contribution in [-0.2, 0) is 0 Å². The van der Waals surface area contributed by atoms with Crippen molar-refractivity contribution in [2.75, 3.05) is 46.8 Å². The fourth-order valence-electron chi connectivity index (χ4n) is 4.07. The van der Waals surface area contributed by atoms with Gasteiger partial charge in [0.25, 0.3) is 5.69 Å². The van der Waals surface area contributed by atoms with Crippen molar-refractivity contribution < 1.29 is 9.72 Å². The zero-order valence-electron chi connectivity index (χ0n) is 16.9. The molecule has 0 aliphatic carbocycles. The topological polar surface area (TPSA) is 82.0 Å². The van der Waals surface area contributed by atoms with E-state index in [1.165, 1.54) is 6.07 Å². The van der Waals surface area contributed by atoms with Gasteiger partial charge >= 0.3 is 6.03 Å². The van der Waals surface area contributed by atoms with Crippen molar-refractivity contribution in [1.29, 1.82) is 0 Å². The summed E-state index contributed by atoms with van der Waals surface area (Å²) in [7, 11) is 3.81. The maximum atomic E-state index is 11.9. The van der Waals surface area contributed by atoms with Crippen LogP contribution in [0.1, 0.15) is 24.8 Å². The first kappa shape index (κ1) is 21.4.